The molecule has 0 aliphatic carbocycles. The van der Waals surface area contributed by atoms with Crippen LogP contribution in [-0.2, 0) is 15.1 Å². The van der Waals surface area contributed by atoms with Crippen LogP contribution in [0.1, 0.15) is 39.7 Å². The molecule has 0 bridgehead atoms. The van der Waals surface area contributed by atoms with Gasteiger partial charge in [-0.05, 0) is 45.4 Å². The molecule has 0 aliphatic rings. The summed E-state index contributed by atoms with van der Waals surface area (Å²) in [4.78, 5) is 11.9. The second kappa shape index (κ2) is 5.61. The van der Waals surface area contributed by atoms with Gasteiger partial charge in [0.1, 0.15) is 11.4 Å². The molecule has 0 spiro atoms. The van der Waals surface area contributed by atoms with Gasteiger partial charge < -0.3 is 15.2 Å². The first-order chi connectivity index (χ1) is 8.64. The Hall–Kier alpha value is -1.55. The van der Waals surface area contributed by atoms with Gasteiger partial charge in [0.15, 0.2) is 0 Å². The number of methoxy groups -OCH3 is 1. The SMILES string of the molecule is COc1cccc(C(C)(N)CC(=O)OC(C)(C)C)c1. The van der Waals surface area contributed by atoms with Crippen molar-refractivity contribution in [3.63, 3.8) is 0 Å². The largest absolute Gasteiger partial charge is 0.497 e. The van der Waals surface area contributed by atoms with E-state index in [1.54, 1.807) is 7.11 Å². The zero-order valence-electron chi connectivity index (χ0n) is 12.3. The van der Waals surface area contributed by atoms with Crippen molar-refractivity contribution in [1.29, 1.82) is 0 Å². The predicted molar refractivity (Wildman–Crippen MR) is 75.0 cm³/mol. The third-order valence-electron chi connectivity index (χ3n) is 2.66. The summed E-state index contributed by atoms with van der Waals surface area (Å²) in [6.45, 7) is 7.32. The fourth-order valence-corrected chi connectivity index (χ4v) is 1.76. The van der Waals surface area contributed by atoms with Crippen LogP contribution in [0.2, 0.25) is 0 Å². The molecule has 0 saturated heterocycles. The lowest BCUT2D eigenvalue weighted by molar-refractivity contribution is -0.156. The highest BCUT2D eigenvalue weighted by Crippen LogP contribution is 2.26. The van der Waals surface area contributed by atoms with Gasteiger partial charge in [0.2, 0.25) is 0 Å². The third kappa shape index (κ3) is 4.91. The average molecular weight is 265 g/mol. The fourth-order valence-electron chi connectivity index (χ4n) is 1.76. The van der Waals surface area contributed by atoms with Crippen LogP contribution in [0.5, 0.6) is 5.75 Å². The molecule has 0 aromatic heterocycles. The van der Waals surface area contributed by atoms with Crippen LogP contribution in [0.25, 0.3) is 0 Å². The van der Waals surface area contributed by atoms with Crippen molar-refractivity contribution < 1.29 is 14.3 Å². The van der Waals surface area contributed by atoms with E-state index in [0.717, 1.165) is 11.3 Å². The number of hydrogen-bond acceptors (Lipinski definition) is 4. The Kier molecular flexibility index (Phi) is 4.58. The lowest BCUT2D eigenvalue weighted by atomic mass is 9.89. The molecule has 4 nitrogen and oxygen atoms in total. The Bertz CT molecular complexity index is 447. The summed E-state index contributed by atoms with van der Waals surface area (Å²) in [7, 11) is 1.60. The van der Waals surface area contributed by atoms with E-state index < -0.39 is 11.1 Å². The molecule has 1 aromatic carbocycles. The summed E-state index contributed by atoms with van der Waals surface area (Å²) in [5.74, 6) is 0.415. The Morgan fingerprint density at radius 1 is 1.26 bits per heavy atom. The van der Waals surface area contributed by atoms with E-state index >= 15 is 0 Å². The quantitative estimate of drug-likeness (QED) is 0.850. The summed E-state index contributed by atoms with van der Waals surface area (Å²) >= 11 is 0. The maximum Gasteiger partial charge on any atom is 0.308 e. The van der Waals surface area contributed by atoms with Gasteiger partial charge in [-0.2, -0.15) is 0 Å². The normalized spacial score (nSPS) is 14.6. The van der Waals surface area contributed by atoms with Crippen LogP contribution in [0.3, 0.4) is 0 Å². The molecular weight excluding hydrogens is 242 g/mol. The summed E-state index contributed by atoms with van der Waals surface area (Å²) in [6, 6.07) is 7.42. The van der Waals surface area contributed by atoms with E-state index in [9.17, 15) is 4.79 Å². The van der Waals surface area contributed by atoms with Crippen LogP contribution < -0.4 is 10.5 Å². The van der Waals surface area contributed by atoms with Crippen molar-refractivity contribution in [2.24, 2.45) is 5.73 Å². The first-order valence-electron chi connectivity index (χ1n) is 6.29. The van der Waals surface area contributed by atoms with Crippen molar-refractivity contribution in [3.05, 3.63) is 29.8 Å². The van der Waals surface area contributed by atoms with Gasteiger partial charge in [-0.3, -0.25) is 4.79 Å². The number of nitrogens with two attached hydrogens (primary N) is 1. The maximum atomic E-state index is 11.9. The first kappa shape index (κ1) is 15.5. The van der Waals surface area contributed by atoms with Crippen LogP contribution in [0.4, 0.5) is 0 Å². The fraction of sp³-hybridized carbons (Fsp3) is 0.533. The molecule has 1 atom stereocenters. The van der Waals surface area contributed by atoms with Crippen molar-refractivity contribution in [1.82, 2.24) is 0 Å². The van der Waals surface area contributed by atoms with Crippen LogP contribution in [-0.4, -0.2) is 18.7 Å². The molecule has 0 amide bonds. The molecule has 4 heteroatoms. The molecule has 1 rings (SSSR count). The number of hydrogen-bond donors (Lipinski definition) is 1. The second-order valence-corrected chi connectivity index (χ2v) is 5.91. The molecule has 0 aliphatic heterocycles. The number of carbonyl (C=O) groups excluding carboxylic acids is 1. The minimum Gasteiger partial charge on any atom is -0.497 e. The van der Waals surface area contributed by atoms with Crippen LogP contribution >= 0.6 is 0 Å². The summed E-state index contributed by atoms with van der Waals surface area (Å²) < 4.78 is 10.5. The zero-order valence-corrected chi connectivity index (χ0v) is 12.3. The molecule has 1 aromatic rings. The summed E-state index contributed by atoms with van der Waals surface area (Å²) in [6.07, 6.45) is 0.122. The average Bonchev–Trinajstić information content (AvgIpc) is 2.25. The molecule has 0 radical (unpaired) electrons. The van der Waals surface area contributed by atoms with Crippen LogP contribution in [0, 0.1) is 0 Å². The molecular formula is C15H23NO3. The van der Waals surface area contributed by atoms with Crippen LogP contribution in [0.15, 0.2) is 24.3 Å². The molecule has 2 N–H and O–H groups in total. The highest BCUT2D eigenvalue weighted by Gasteiger charge is 2.28. The number of ether oxygens (including phenoxy) is 2. The smallest absolute Gasteiger partial charge is 0.308 e. The highest BCUT2D eigenvalue weighted by molar-refractivity contribution is 5.71. The van der Waals surface area contributed by atoms with E-state index in [-0.39, 0.29) is 12.4 Å². The standard InChI is InChI=1S/C15H23NO3/c1-14(2,3)19-13(17)10-15(4,16)11-7-6-8-12(9-11)18-5/h6-9H,10,16H2,1-5H3. The van der Waals surface area contributed by atoms with Gasteiger partial charge in [0, 0.05) is 5.54 Å². The van der Waals surface area contributed by atoms with E-state index in [1.165, 1.54) is 0 Å². The number of esters is 1. The van der Waals surface area contributed by atoms with Crippen molar-refractivity contribution >= 4 is 5.97 Å². The van der Waals surface area contributed by atoms with E-state index in [2.05, 4.69) is 0 Å². The van der Waals surface area contributed by atoms with E-state index in [1.807, 2.05) is 52.0 Å². The van der Waals surface area contributed by atoms with Gasteiger partial charge in [-0.1, -0.05) is 12.1 Å². The lowest BCUT2D eigenvalue weighted by Crippen LogP contribution is -2.38. The highest BCUT2D eigenvalue weighted by atomic mass is 16.6. The summed E-state index contributed by atoms with van der Waals surface area (Å²) in [5.41, 5.74) is 5.79. The zero-order chi connectivity index (χ0) is 14.7. The lowest BCUT2D eigenvalue weighted by Gasteiger charge is -2.27. The molecule has 0 fully saturated rings. The van der Waals surface area contributed by atoms with E-state index in [4.69, 9.17) is 15.2 Å². The van der Waals surface area contributed by atoms with Crippen molar-refractivity contribution in [2.75, 3.05) is 7.11 Å². The topological polar surface area (TPSA) is 61.5 Å². The molecule has 0 saturated carbocycles. The first-order valence-corrected chi connectivity index (χ1v) is 6.29. The molecule has 19 heavy (non-hydrogen) atoms. The monoisotopic (exact) mass is 265 g/mol. The van der Waals surface area contributed by atoms with Gasteiger partial charge >= 0.3 is 5.97 Å². The Labute approximate surface area is 114 Å². The van der Waals surface area contributed by atoms with Crippen molar-refractivity contribution in [2.45, 2.75) is 45.3 Å². The number of rotatable bonds is 4. The maximum absolute atomic E-state index is 11.9. The van der Waals surface area contributed by atoms with Gasteiger partial charge in [0.05, 0.1) is 13.5 Å². The Morgan fingerprint density at radius 3 is 2.42 bits per heavy atom. The van der Waals surface area contributed by atoms with Gasteiger partial charge in [-0.25, -0.2) is 0 Å². The predicted octanol–water partition coefficient (Wildman–Crippen LogP) is 2.60. The molecule has 106 valence electrons. The Morgan fingerprint density at radius 2 is 1.89 bits per heavy atom. The van der Waals surface area contributed by atoms with Crippen molar-refractivity contribution in [3.8, 4) is 5.75 Å². The van der Waals surface area contributed by atoms with E-state index in [0.29, 0.717) is 0 Å². The number of benzene rings is 1. The minimum absolute atomic E-state index is 0.122. The third-order valence-corrected chi connectivity index (χ3v) is 2.66. The molecule has 1 unspecified atom stereocenters. The molecule has 0 heterocycles. The van der Waals surface area contributed by atoms with Gasteiger partial charge in [0.25, 0.3) is 0 Å². The summed E-state index contributed by atoms with van der Waals surface area (Å²) in [5, 5.41) is 0. The van der Waals surface area contributed by atoms with Gasteiger partial charge in [-0.15, -0.1) is 0 Å². The minimum atomic E-state index is -0.781. The Balaban J connectivity index is 2.82. The number of carbonyl (C=O) groups is 1. The second-order valence-electron chi connectivity index (χ2n) is 5.91.